The van der Waals surface area contributed by atoms with E-state index in [1.165, 1.54) is 6.07 Å². The number of aromatic nitrogens is 2. The van der Waals surface area contributed by atoms with Crippen LogP contribution in [0.2, 0.25) is 0 Å². The summed E-state index contributed by atoms with van der Waals surface area (Å²) in [5, 5.41) is 8.99. The molecule has 1 fully saturated rings. The molecule has 0 spiro atoms. The molecule has 0 amide bonds. The molecule has 26 heavy (non-hydrogen) atoms. The molecule has 0 radical (unpaired) electrons. The second-order valence-electron chi connectivity index (χ2n) is 6.61. The lowest BCUT2D eigenvalue weighted by molar-refractivity contribution is -0.137. The van der Waals surface area contributed by atoms with E-state index in [9.17, 15) is 13.2 Å². The first-order chi connectivity index (χ1) is 12.4. The molecule has 1 saturated carbocycles. The Labute approximate surface area is 150 Å². The Kier molecular flexibility index (Phi) is 5.21. The van der Waals surface area contributed by atoms with Crippen LogP contribution in [0.25, 0.3) is 0 Å². The van der Waals surface area contributed by atoms with Crippen molar-refractivity contribution in [1.29, 1.82) is 5.26 Å². The normalized spacial score (nSPS) is 20.6. The van der Waals surface area contributed by atoms with Crippen LogP contribution in [0.5, 0.6) is 0 Å². The van der Waals surface area contributed by atoms with Crippen LogP contribution in [0.4, 0.5) is 18.9 Å². The topological polar surface area (TPSA) is 44.9 Å². The van der Waals surface area contributed by atoms with Gasteiger partial charge in [-0.25, -0.2) is 4.98 Å². The van der Waals surface area contributed by atoms with E-state index in [0.29, 0.717) is 18.3 Å². The van der Waals surface area contributed by atoms with Gasteiger partial charge in [-0.15, -0.1) is 0 Å². The first-order valence-corrected chi connectivity index (χ1v) is 8.79. The summed E-state index contributed by atoms with van der Waals surface area (Å²) in [5.41, 5.74) is -0.676. The summed E-state index contributed by atoms with van der Waals surface area (Å²) in [4.78, 5) is 6.12. The number of anilines is 1. The van der Waals surface area contributed by atoms with Crippen molar-refractivity contribution in [3.63, 3.8) is 0 Å². The highest BCUT2D eigenvalue weighted by Gasteiger charge is 2.35. The quantitative estimate of drug-likeness (QED) is 0.786. The third-order valence-corrected chi connectivity index (χ3v) is 5.11. The number of hydrogen-bond acceptors (Lipinski definition) is 3. The summed E-state index contributed by atoms with van der Waals surface area (Å²) in [6.45, 7) is 2.57. The molecule has 1 aromatic heterocycles. The molecule has 0 aliphatic heterocycles. The van der Waals surface area contributed by atoms with Crippen LogP contribution in [0.1, 0.15) is 49.8 Å². The number of nitriles is 1. The van der Waals surface area contributed by atoms with Gasteiger partial charge in [0.05, 0.1) is 23.5 Å². The van der Waals surface area contributed by atoms with Crippen molar-refractivity contribution in [2.75, 3.05) is 11.4 Å². The molecule has 138 valence electrons. The molecule has 0 N–H and O–H groups in total. The van der Waals surface area contributed by atoms with Crippen LogP contribution in [0.3, 0.4) is 0 Å². The maximum absolute atomic E-state index is 13.3. The zero-order valence-electron chi connectivity index (χ0n) is 14.6. The molecule has 2 atom stereocenters. The third kappa shape index (κ3) is 3.69. The number of hydrogen-bond donors (Lipinski definition) is 0. The number of rotatable bonds is 4. The fraction of sp³-hybridized carbons (Fsp3) is 0.474. The van der Waals surface area contributed by atoms with E-state index in [-0.39, 0.29) is 11.6 Å². The predicted molar refractivity (Wildman–Crippen MR) is 92.7 cm³/mol. The number of benzene rings is 1. The van der Waals surface area contributed by atoms with Crippen molar-refractivity contribution in [1.82, 2.24) is 9.55 Å². The lowest BCUT2D eigenvalue weighted by Gasteiger charge is -2.39. The van der Waals surface area contributed by atoms with Crippen molar-refractivity contribution < 1.29 is 13.2 Å². The molecule has 0 saturated heterocycles. The maximum Gasteiger partial charge on any atom is 0.417 e. The van der Waals surface area contributed by atoms with E-state index in [0.717, 1.165) is 31.7 Å². The molecule has 1 aliphatic rings. The largest absolute Gasteiger partial charge is 0.417 e. The smallest absolute Gasteiger partial charge is 0.369 e. The molecular formula is C19H21F3N4. The lowest BCUT2D eigenvalue weighted by atomic mass is 9.89. The van der Waals surface area contributed by atoms with Gasteiger partial charge in [0.2, 0.25) is 0 Å². The van der Waals surface area contributed by atoms with Crippen LogP contribution in [-0.4, -0.2) is 22.1 Å². The predicted octanol–water partition coefficient (Wildman–Crippen LogP) is 4.78. The van der Waals surface area contributed by atoms with Crippen molar-refractivity contribution >= 4 is 5.69 Å². The molecule has 3 rings (SSSR count). The fourth-order valence-electron chi connectivity index (χ4n) is 3.87. The van der Waals surface area contributed by atoms with Crippen molar-refractivity contribution in [3.05, 3.63) is 48.0 Å². The summed E-state index contributed by atoms with van der Waals surface area (Å²) in [7, 11) is 0. The third-order valence-electron chi connectivity index (χ3n) is 5.11. The first-order valence-electron chi connectivity index (χ1n) is 8.79. The zero-order chi connectivity index (χ0) is 18.7. The van der Waals surface area contributed by atoms with Gasteiger partial charge in [-0.3, -0.25) is 0 Å². The minimum absolute atomic E-state index is 0.162. The molecule has 7 heteroatoms. The highest BCUT2D eigenvalue weighted by molar-refractivity contribution is 5.55. The van der Waals surface area contributed by atoms with E-state index in [1.807, 2.05) is 18.0 Å². The van der Waals surface area contributed by atoms with Gasteiger partial charge in [0, 0.05) is 36.7 Å². The van der Waals surface area contributed by atoms with Gasteiger partial charge in [0.25, 0.3) is 0 Å². The van der Waals surface area contributed by atoms with Crippen LogP contribution in [0.15, 0.2) is 36.9 Å². The van der Waals surface area contributed by atoms with Gasteiger partial charge in [0.1, 0.15) is 0 Å². The highest BCUT2D eigenvalue weighted by atomic mass is 19.4. The van der Waals surface area contributed by atoms with Crippen LogP contribution in [-0.2, 0) is 6.18 Å². The summed E-state index contributed by atoms with van der Waals surface area (Å²) in [6.07, 6.45) is 4.83. The molecule has 1 heterocycles. The van der Waals surface area contributed by atoms with Gasteiger partial charge in [-0.1, -0.05) is 0 Å². The minimum atomic E-state index is -4.54. The van der Waals surface area contributed by atoms with Crippen molar-refractivity contribution in [2.45, 2.75) is 50.9 Å². The van der Waals surface area contributed by atoms with Gasteiger partial charge in [-0.05, 0) is 50.8 Å². The summed E-state index contributed by atoms with van der Waals surface area (Å²) < 4.78 is 42.0. The first kappa shape index (κ1) is 18.3. The maximum atomic E-state index is 13.3. The number of nitrogens with zero attached hydrogens (tertiary/aromatic N) is 4. The number of imidazole rings is 1. The average molecular weight is 362 g/mol. The molecule has 4 nitrogen and oxygen atoms in total. The highest BCUT2D eigenvalue weighted by Crippen LogP contribution is 2.37. The van der Waals surface area contributed by atoms with Crippen LogP contribution >= 0.6 is 0 Å². The summed E-state index contributed by atoms with van der Waals surface area (Å²) >= 11 is 0. The second-order valence-corrected chi connectivity index (χ2v) is 6.61. The van der Waals surface area contributed by atoms with E-state index < -0.39 is 11.7 Å². The number of alkyl halides is 3. The Hall–Kier alpha value is -2.49. The molecule has 0 bridgehead atoms. The standard InChI is InChI=1S/C19H21F3N4/c1-2-26(16-5-3-4-15(10-16)25-9-8-24-13-25)17-7-6-14(12-23)18(11-17)19(20,21)22/h6-9,11,13,15-16H,2-5,10H2,1H3. The zero-order valence-corrected chi connectivity index (χ0v) is 14.6. The summed E-state index contributed by atoms with van der Waals surface area (Å²) in [6, 6.07) is 6.13. The minimum Gasteiger partial charge on any atom is -0.369 e. The second kappa shape index (κ2) is 7.40. The van der Waals surface area contributed by atoms with Gasteiger partial charge >= 0.3 is 6.18 Å². The molecule has 1 aromatic carbocycles. The van der Waals surface area contributed by atoms with E-state index in [4.69, 9.17) is 5.26 Å². The lowest BCUT2D eigenvalue weighted by Crippen LogP contribution is -2.39. The Morgan fingerprint density at radius 2 is 2.15 bits per heavy atom. The Morgan fingerprint density at radius 3 is 2.77 bits per heavy atom. The number of halogens is 3. The van der Waals surface area contributed by atoms with Crippen LogP contribution in [0, 0.1) is 11.3 Å². The summed E-state index contributed by atoms with van der Waals surface area (Å²) in [5.74, 6) is 0. The van der Waals surface area contributed by atoms with E-state index in [2.05, 4.69) is 9.55 Å². The fourth-order valence-corrected chi connectivity index (χ4v) is 3.87. The van der Waals surface area contributed by atoms with Crippen molar-refractivity contribution in [3.8, 4) is 6.07 Å². The van der Waals surface area contributed by atoms with Gasteiger partial charge in [0.15, 0.2) is 0 Å². The Balaban J connectivity index is 1.88. The van der Waals surface area contributed by atoms with Crippen LogP contribution < -0.4 is 4.90 Å². The monoisotopic (exact) mass is 362 g/mol. The average Bonchev–Trinajstić information content (AvgIpc) is 3.16. The Bertz CT molecular complexity index is 777. The SMILES string of the molecule is CCN(c1ccc(C#N)c(C(F)(F)F)c1)C1CCCC(n2ccnc2)C1. The molecule has 2 unspecified atom stereocenters. The molecular weight excluding hydrogens is 341 g/mol. The molecule has 1 aliphatic carbocycles. The van der Waals surface area contributed by atoms with Crippen molar-refractivity contribution in [2.24, 2.45) is 0 Å². The Morgan fingerprint density at radius 1 is 1.35 bits per heavy atom. The van der Waals surface area contributed by atoms with E-state index >= 15 is 0 Å². The molecule has 2 aromatic rings. The van der Waals surface area contributed by atoms with E-state index in [1.54, 1.807) is 24.7 Å². The van der Waals surface area contributed by atoms with Gasteiger partial charge < -0.3 is 9.47 Å². The van der Waals surface area contributed by atoms with Gasteiger partial charge in [-0.2, -0.15) is 18.4 Å².